The molecule has 2 aromatic heterocycles. The molecular formula is C33H41FN2O7SSi. The van der Waals surface area contributed by atoms with Crippen molar-refractivity contribution >= 4 is 35.3 Å². The highest BCUT2D eigenvalue weighted by atomic mass is 32.2. The molecule has 9 nitrogen and oxygen atoms in total. The second-order valence-electron chi connectivity index (χ2n) is 12.5. The third kappa shape index (κ3) is 7.56. The number of rotatable bonds is 12. The monoisotopic (exact) mass is 656 g/mol. The number of carbonyl (C=O) groups excluding carboxylic acids is 1. The van der Waals surface area contributed by atoms with Crippen LogP contribution in [0, 0.1) is 12.7 Å². The molecule has 0 aliphatic carbocycles. The zero-order chi connectivity index (χ0) is 33.2. The molecule has 0 bridgehead atoms. The highest BCUT2D eigenvalue weighted by molar-refractivity contribution is 7.90. The molecule has 2 heterocycles. The molecule has 2 aromatic carbocycles. The molecule has 4 aromatic rings. The van der Waals surface area contributed by atoms with Crippen LogP contribution < -0.4 is 9.47 Å². The molecule has 0 N–H and O–H groups in total. The van der Waals surface area contributed by atoms with Gasteiger partial charge >= 0.3 is 5.97 Å². The van der Waals surface area contributed by atoms with Crippen LogP contribution in [0.25, 0.3) is 11.0 Å². The summed E-state index contributed by atoms with van der Waals surface area (Å²) in [4.78, 5) is 17.2. The van der Waals surface area contributed by atoms with Crippen LogP contribution in [0.15, 0.2) is 65.7 Å². The molecule has 45 heavy (non-hydrogen) atoms. The standard InChI is InChI=1S/C33H41FN2O7SSi/c1-22-12-9-10-14-29(22)44(38,39)36-18-17-24-20-28(43-27-21-25(34)15-16-26(27)32(37)40-6)31(35-30(24)36)42-23(2)13-11-19-41-45(7,8)33(3,4)5/h9-10,12,14-18,20-21,23H,11,13,19H2,1-8H3. The summed E-state index contributed by atoms with van der Waals surface area (Å²) in [5.41, 5.74) is 0.715. The molecule has 1 atom stereocenters. The normalized spacial score (nSPS) is 13.1. The average Bonchev–Trinajstić information content (AvgIpc) is 3.38. The van der Waals surface area contributed by atoms with Crippen LogP contribution in [-0.2, 0) is 19.2 Å². The Hall–Kier alpha value is -3.74. The van der Waals surface area contributed by atoms with E-state index in [9.17, 15) is 17.6 Å². The SMILES string of the molecule is COC(=O)c1ccc(F)cc1Oc1cc2ccn(S(=O)(=O)c3ccccc3C)c2nc1OC(C)CCCO[Si](C)(C)C(C)(C)C. The number of pyridine rings is 1. The molecular weight excluding hydrogens is 616 g/mol. The van der Waals surface area contributed by atoms with Crippen molar-refractivity contribution in [2.75, 3.05) is 13.7 Å². The van der Waals surface area contributed by atoms with Gasteiger partial charge < -0.3 is 18.6 Å². The fraction of sp³-hybridized carbons (Fsp3) is 0.394. The Labute approximate surface area is 265 Å². The minimum Gasteiger partial charge on any atom is -0.472 e. The van der Waals surface area contributed by atoms with Gasteiger partial charge in [0.25, 0.3) is 15.9 Å². The van der Waals surface area contributed by atoms with Gasteiger partial charge in [-0.25, -0.2) is 21.6 Å². The number of hydrogen-bond donors (Lipinski definition) is 0. The van der Waals surface area contributed by atoms with Crippen molar-refractivity contribution in [2.24, 2.45) is 0 Å². The number of esters is 1. The molecule has 12 heteroatoms. The summed E-state index contributed by atoms with van der Waals surface area (Å²) in [6, 6.07) is 13.3. The molecule has 0 saturated carbocycles. The number of aromatic nitrogens is 2. The first-order chi connectivity index (χ1) is 21.0. The van der Waals surface area contributed by atoms with Crippen LogP contribution in [-0.4, -0.2) is 51.5 Å². The van der Waals surface area contributed by atoms with E-state index in [2.05, 4.69) is 38.8 Å². The zero-order valence-corrected chi connectivity index (χ0v) is 28.8. The number of halogens is 1. The van der Waals surface area contributed by atoms with Crippen LogP contribution in [0.1, 0.15) is 56.5 Å². The second kappa shape index (κ2) is 13.3. The minimum atomic E-state index is -4.01. The molecule has 0 amide bonds. The highest BCUT2D eigenvalue weighted by Crippen LogP contribution is 2.38. The number of hydrogen-bond acceptors (Lipinski definition) is 8. The van der Waals surface area contributed by atoms with E-state index in [0.29, 0.717) is 24.0 Å². The van der Waals surface area contributed by atoms with E-state index in [1.54, 1.807) is 37.3 Å². The van der Waals surface area contributed by atoms with E-state index >= 15 is 0 Å². The van der Waals surface area contributed by atoms with Gasteiger partial charge in [0.2, 0.25) is 0 Å². The number of fused-ring (bicyclic) bond motifs is 1. The number of methoxy groups -OCH3 is 1. The van der Waals surface area contributed by atoms with Gasteiger partial charge in [-0.1, -0.05) is 39.0 Å². The summed E-state index contributed by atoms with van der Waals surface area (Å²) >= 11 is 0. The molecule has 0 spiro atoms. The molecule has 0 aliphatic rings. The van der Waals surface area contributed by atoms with Crippen LogP contribution in [0.3, 0.4) is 0 Å². The lowest BCUT2D eigenvalue weighted by Crippen LogP contribution is -2.41. The van der Waals surface area contributed by atoms with E-state index < -0.39 is 30.1 Å². The number of carbonyl (C=O) groups is 1. The molecule has 1 unspecified atom stereocenters. The topological polar surface area (TPSA) is 106 Å². The predicted octanol–water partition coefficient (Wildman–Crippen LogP) is 7.87. The molecule has 0 fully saturated rings. The van der Waals surface area contributed by atoms with Crippen molar-refractivity contribution < 1.29 is 36.2 Å². The Bertz CT molecular complexity index is 1800. The Morgan fingerprint density at radius 3 is 2.44 bits per heavy atom. The van der Waals surface area contributed by atoms with Crippen molar-refractivity contribution in [3.63, 3.8) is 0 Å². The van der Waals surface area contributed by atoms with E-state index in [1.165, 1.54) is 25.4 Å². The Balaban J connectivity index is 1.71. The molecule has 4 rings (SSSR count). The van der Waals surface area contributed by atoms with Crippen LogP contribution in [0.5, 0.6) is 17.4 Å². The van der Waals surface area contributed by atoms with Crippen molar-refractivity contribution in [3.8, 4) is 17.4 Å². The largest absolute Gasteiger partial charge is 0.472 e. The van der Waals surface area contributed by atoms with Crippen LogP contribution in [0.4, 0.5) is 4.39 Å². The summed E-state index contributed by atoms with van der Waals surface area (Å²) in [7, 11) is -4.70. The van der Waals surface area contributed by atoms with Gasteiger partial charge in [-0.15, -0.1) is 0 Å². The number of benzene rings is 2. The van der Waals surface area contributed by atoms with Gasteiger partial charge in [-0.3, -0.25) is 0 Å². The lowest BCUT2D eigenvalue weighted by Gasteiger charge is -2.36. The number of aryl methyl sites for hydroxylation is 1. The lowest BCUT2D eigenvalue weighted by atomic mass is 10.2. The van der Waals surface area contributed by atoms with E-state index in [4.69, 9.17) is 18.6 Å². The van der Waals surface area contributed by atoms with E-state index in [-0.39, 0.29) is 44.6 Å². The van der Waals surface area contributed by atoms with Crippen LogP contribution >= 0.6 is 0 Å². The van der Waals surface area contributed by atoms with Crippen molar-refractivity contribution in [2.45, 2.75) is 76.6 Å². The minimum absolute atomic E-state index is 0.000439. The van der Waals surface area contributed by atoms with Gasteiger partial charge in [-0.2, -0.15) is 4.98 Å². The van der Waals surface area contributed by atoms with E-state index in [0.717, 1.165) is 22.5 Å². The first-order valence-corrected chi connectivity index (χ1v) is 19.1. The maximum atomic E-state index is 14.3. The first-order valence-electron chi connectivity index (χ1n) is 14.7. The Morgan fingerprint density at radius 2 is 1.78 bits per heavy atom. The lowest BCUT2D eigenvalue weighted by molar-refractivity contribution is 0.0597. The van der Waals surface area contributed by atoms with Gasteiger partial charge in [-0.05, 0) is 80.7 Å². The predicted molar refractivity (Wildman–Crippen MR) is 174 cm³/mol. The summed E-state index contributed by atoms with van der Waals surface area (Å²) in [6.45, 7) is 15.1. The van der Waals surface area contributed by atoms with Gasteiger partial charge in [0.15, 0.2) is 19.7 Å². The van der Waals surface area contributed by atoms with E-state index in [1.807, 2.05) is 6.92 Å². The Kier molecular flexibility index (Phi) is 10.1. The second-order valence-corrected chi connectivity index (χ2v) is 19.1. The average molecular weight is 657 g/mol. The molecule has 0 saturated heterocycles. The first kappa shape index (κ1) is 34.1. The smallest absolute Gasteiger partial charge is 0.341 e. The fourth-order valence-corrected chi connectivity index (χ4v) is 7.07. The maximum absolute atomic E-state index is 14.3. The van der Waals surface area contributed by atoms with Gasteiger partial charge in [0, 0.05) is 24.3 Å². The summed E-state index contributed by atoms with van der Waals surface area (Å²) < 4.78 is 66.2. The van der Waals surface area contributed by atoms with Crippen molar-refractivity contribution in [1.29, 1.82) is 0 Å². The van der Waals surface area contributed by atoms with Gasteiger partial charge in [0.05, 0.1) is 18.1 Å². The molecule has 0 radical (unpaired) electrons. The number of ether oxygens (including phenoxy) is 3. The van der Waals surface area contributed by atoms with Gasteiger partial charge in [0.1, 0.15) is 17.1 Å². The summed E-state index contributed by atoms with van der Waals surface area (Å²) in [5.74, 6) is -1.38. The van der Waals surface area contributed by atoms with Crippen molar-refractivity contribution in [3.05, 3.63) is 77.7 Å². The maximum Gasteiger partial charge on any atom is 0.341 e. The molecule has 242 valence electrons. The van der Waals surface area contributed by atoms with Crippen molar-refractivity contribution in [1.82, 2.24) is 8.96 Å². The fourth-order valence-electron chi connectivity index (χ4n) is 4.45. The quantitative estimate of drug-likeness (QED) is 0.0862. The Morgan fingerprint density at radius 1 is 1.07 bits per heavy atom. The highest BCUT2D eigenvalue weighted by Gasteiger charge is 2.37. The summed E-state index contributed by atoms with van der Waals surface area (Å²) in [6.07, 6.45) is 2.38. The zero-order valence-electron chi connectivity index (χ0n) is 27.0. The third-order valence-corrected chi connectivity index (χ3v) is 14.5. The molecule has 0 aliphatic heterocycles. The summed E-state index contributed by atoms with van der Waals surface area (Å²) in [5, 5.41) is 0.523. The third-order valence-electron chi connectivity index (χ3n) is 8.10. The number of nitrogens with zero attached hydrogens (tertiary/aromatic N) is 2. The van der Waals surface area contributed by atoms with Crippen LogP contribution in [0.2, 0.25) is 18.1 Å².